The molecular weight excluding hydrogens is 143 g/mol. The van der Waals surface area contributed by atoms with Gasteiger partial charge in [-0.05, 0) is 0 Å². The molecule has 0 saturated heterocycles. The number of rotatable bonds is 0. The molecule has 0 atom stereocenters. The fourth-order valence-corrected chi connectivity index (χ4v) is 0. The summed E-state index contributed by atoms with van der Waals surface area (Å²) in [5.41, 5.74) is 0. The molecule has 0 aromatic heterocycles. The number of hydrogen-bond acceptors (Lipinski definition) is 6. The van der Waals surface area contributed by atoms with Crippen molar-refractivity contribution < 1.29 is 16.5 Å². The summed E-state index contributed by atoms with van der Waals surface area (Å²) in [5.74, 6) is 0. The van der Waals surface area contributed by atoms with Crippen LogP contribution in [0.4, 0.5) is 0 Å². The molecule has 0 aliphatic carbocycles. The Hall–Kier alpha value is 0.254. The minimum atomic E-state index is 0. The van der Waals surface area contributed by atoms with Gasteiger partial charge >= 0.3 is 0 Å². The monoisotopic (exact) mass is 160 g/mol. The number of hydrogen-bond donors (Lipinski definition) is 6. The third-order valence-corrected chi connectivity index (χ3v) is 0. The Labute approximate surface area is 54.2 Å². The summed E-state index contributed by atoms with van der Waals surface area (Å²) in [4.78, 5) is 0. The van der Waals surface area contributed by atoms with Crippen LogP contribution >= 0.6 is 0 Å². The summed E-state index contributed by atoms with van der Waals surface area (Å²) in [6.07, 6.45) is 0. The molecule has 7 heavy (non-hydrogen) atoms. The van der Waals surface area contributed by atoms with E-state index in [0.29, 0.717) is 0 Å². The standard InChI is InChI=1S/6H3N.Ni/h6*1H3;. The van der Waals surface area contributed by atoms with Gasteiger partial charge in [0.2, 0.25) is 0 Å². The van der Waals surface area contributed by atoms with Gasteiger partial charge < -0.3 is 36.9 Å². The first kappa shape index (κ1) is 4410. The molecule has 0 amide bonds. The van der Waals surface area contributed by atoms with Crippen molar-refractivity contribution in [1.82, 2.24) is 36.9 Å². The van der Waals surface area contributed by atoms with Gasteiger partial charge in [0.1, 0.15) is 0 Å². The normalized spacial score (nSPS) is 0. The summed E-state index contributed by atoms with van der Waals surface area (Å²) in [7, 11) is 0. The van der Waals surface area contributed by atoms with Crippen LogP contribution in [0.5, 0.6) is 0 Å². The average Bonchev–Trinajstić information content (AvgIpc) is 0. The van der Waals surface area contributed by atoms with E-state index in [1.165, 1.54) is 0 Å². The van der Waals surface area contributed by atoms with Crippen molar-refractivity contribution >= 4 is 0 Å². The Balaban J connectivity index is 0. The zero-order valence-corrected chi connectivity index (χ0v) is 5.55. The summed E-state index contributed by atoms with van der Waals surface area (Å²) < 4.78 is 0. The average molecular weight is 161 g/mol. The Kier molecular flexibility index (Phi) is 1690000. The summed E-state index contributed by atoms with van der Waals surface area (Å²) in [6, 6.07) is 0. The smallest absolute Gasteiger partial charge is 0 e. The van der Waals surface area contributed by atoms with Gasteiger partial charge in [0.05, 0.1) is 0 Å². The molecule has 0 heterocycles. The molecule has 7 heteroatoms. The fraction of sp³-hybridized carbons (Fsp3) is 0. The van der Waals surface area contributed by atoms with Gasteiger partial charge in [-0.1, -0.05) is 0 Å². The topological polar surface area (TPSA) is 210 Å². The van der Waals surface area contributed by atoms with Crippen LogP contribution in [0.15, 0.2) is 0 Å². The van der Waals surface area contributed by atoms with Gasteiger partial charge in [-0.15, -0.1) is 0 Å². The molecule has 0 aliphatic heterocycles. The Morgan fingerprint density at radius 2 is 0.286 bits per heavy atom. The van der Waals surface area contributed by atoms with Crippen LogP contribution in [0, 0.1) is 0 Å². The quantitative estimate of drug-likeness (QED) is 0.284. The van der Waals surface area contributed by atoms with Crippen LogP contribution in [-0.2, 0) is 16.5 Å². The molecule has 0 saturated carbocycles. The minimum absolute atomic E-state index is 0. The van der Waals surface area contributed by atoms with Gasteiger partial charge in [0.25, 0.3) is 0 Å². The maximum absolute atomic E-state index is 0. The van der Waals surface area contributed by atoms with Crippen molar-refractivity contribution in [1.29, 1.82) is 0 Å². The van der Waals surface area contributed by atoms with Gasteiger partial charge in [0.15, 0.2) is 0 Å². The SMILES string of the molecule is N.N.N.N.N.N.[Ni]. The summed E-state index contributed by atoms with van der Waals surface area (Å²) in [5, 5.41) is 0. The van der Waals surface area contributed by atoms with E-state index in [4.69, 9.17) is 0 Å². The van der Waals surface area contributed by atoms with E-state index < -0.39 is 0 Å². The summed E-state index contributed by atoms with van der Waals surface area (Å²) >= 11 is 0. The molecule has 0 aromatic carbocycles. The zero-order chi connectivity index (χ0) is 0. The third kappa shape index (κ3) is 1760. The van der Waals surface area contributed by atoms with Crippen molar-refractivity contribution in [3.8, 4) is 0 Å². The van der Waals surface area contributed by atoms with Crippen molar-refractivity contribution in [2.75, 3.05) is 0 Å². The van der Waals surface area contributed by atoms with Gasteiger partial charge in [-0.25, -0.2) is 0 Å². The first-order valence-electron chi connectivity index (χ1n) is 0. The molecule has 0 aliphatic rings. The van der Waals surface area contributed by atoms with Gasteiger partial charge in [-0.2, -0.15) is 0 Å². The van der Waals surface area contributed by atoms with Crippen molar-refractivity contribution in [2.24, 2.45) is 0 Å². The molecule has 0 fully saturated rings. The van der Waals surface area contributed by atoms with Crippen LogP contribution in [0.25, 0.3) is 0 Å². The molecule has 0 aromatic rings. The predicted molar refractivity (Wildman–Crippen MR) is 30.1 cm³/mol. The maximum atomic E-state index is 0. The second-order valence-corrected chi connectivity index (χ2v) is 0. The van der Waals surface area contributed by atoms with Gasteiger partial charge in [0, 0.05) is 16.5 Å². The minimum Gasteiger partial charge on any atom is -0.344 e. The van der Waals surface area contributed by atoms with Crippen molar-refractivity contribution in [3.63, 3.8) is 0 Å². The maximum Gasteiger partial charge on any atom is 0 e. The Morgan fingerprint density at radius 1 is 0.286 bits per heavy atom. The fourth-order valence-electron chi connectivity index (χ4n) is 0. The van der Waals surface area contributed by atoms with E-state index in [0.717, 1.165) is 0 Å². The second kappa shape index (κ2) is 2690. The molecular formula is H18N6Ni. The molecule has 18 N–H and O–H groups in total. The van der Waals surface area contributed by atoms with E-state index in [-0.39, 0.29) is 53.4 Å². The van der Waals surface area contributed by atoms with Crippen LogP contribution in [-0.4, -0.2) is 0 Å². The van der Waals surface area contributed by atoms with E-state index in [9.17, 15) is 0 Å². The third-order valence-electron chi connectivity index (χ3n) is 0. The van der Waals surface area contributed by atoms with Crippen molar-refractivity contribution in [2.45, 2.75) is 0 Å². The zero-order valence-electron chi connectivity index (χ0n) is 4.56. The Bertz CT molecular complexity index is 4.14. The molecule has 0 spiro atoms. The first-order chi connectivity index (χ1) is 0. The van der Waals surface area contributed by atoms with E-state index in [1.807, 2.05) is 0 Å². The molecule has 6 nitrogen and oxygen atoms in total. The largest absolute Gasteiger partial charge is 0.344 e. The van der Waals surface area contributed by atoms with Crippen LogP contribution in [0.3, 0.4) is 0 Å². The molecule has 0 bridgehead atoms. The van der Waals surface area contributed by atoms with Crippen molar-refractivity contribution in [3.05, 3.63) is 0 Å². The molecule has 58 valence electrons. The van der Waals surface area contributed by atoms with Crippen LogP contribution in [0.2, 0.25) is 0 Å². The Morgan fingerprint density at radius 3 is 0.286 bits per heavy atom. The molecule has 0 unspecified atom stereocenters. The van der Waals surface area contributed by atoms with Crippen LogP contribution < -0.4 is 36.9 Å². The van der Waals surface area contributed by atoms with Gasteiger partial charge in [-0.3, -0.25) is 0 Å². The second-order valence-electron chi connectivity index (χ2n) is 0. The molecule has 0 radical (unpaired) electrons. The predicted octanol–water partition coefficient (Wildman–Crippen LogP) is 0.969. The summed E-state index contributed by atoms with van der Waals surface area (Å²) in [6.45, 7) is 0. The molecule has 0 rings (SSSR count). The first-order valence-corrected chi connectivity index (χ1v) is 0. The van der Waals surface area contributed by atoms with E-state index in [1.54, 1.807) is 0 Å². The van der Waals surface area contributed by atoms with E-state index >= 15 is 0 Å². The van der Waals surface area contributed by atoms with E-state index in [2.05, 4.69) is 0 Å². The van der Waals surface area contributed by atoms with Crippen LogP contribution in [0.1, 0.15) is 0 Å².